The molecule has 3 N–H and O–H groups in total. The normalized spacial score (nSPS) is 11.7. The van der Waals surface area contributed by atoms with E-state index in [4.69, 9.17) is 28.3 Å². The van der Waals surface area contributed by atoms with E-state index in [9.17, 15) is 8.42 Å². The van der Waals surface area contributed by atoms with Crippen LogP contribution in [0.1, 0.15) is 5.56 Å². The van der Waals surface area contributed by atoms with Gasteiger partial charge in [-0.3, -0.25) is 0 Å². The van der Waals surface area contributed by atoms with Gasteiger partial charge >= 0.3 is 0 Å². The summed E-state index contributed by atoms with van der Waals surface area (Å²) in [6.45, 7) is 0.377. The van der Waals surface area contributed by atoms with Crippen LogP contribution in [0.2, 0.25) is 10.3 Å². The highest BCUT2D eigenvalue weighted by molar-refractivity contribution is 7.89. The second kappa shape index (κ2) is 7.84. The number of rotatable bonds is 5. The van der Waals surface area contributed by atoms with Gasteiger partial charge in [-0.1, -0.05) is 35.9 Å². The molecule has 0 atom stereocenters. The van der Waals surface area contributed by atoms with Crippen molar-refractivity contribution in [1.29, 1.82) is 0 Å². The molecule has 0 saturated carbocycles. The minimum atomic E-state index is -3.74. The van der Waals surface area contributed by atoms with Crippen molar-refractivity contribution in [3.05, 3.63) is 64.4 Å². The number of hydrogen-bond acceptors (Lipinski definition) is 6. The first kappa shape index (κ1) is 20.5. The lowest BCUT2D eigenvalue weighted by Crippen LogP contribution is -2.12. The first-order chi connectivity index (χ1) is 14.2. The van der Waals surface area contributed by atoms with Gasteiger partial charge in [0.1, 0.15) is 11.5 Å². The molecule has 4 aromatic rings. The predicted octanol–water partition coefficient (Wildman–Crippen LogP) is 3.60. The number of fused-ring (bicyclic) bond motifs is 1. The molecule has 2 aromatic carbocycles. The number of primary sulfonamides is 1. The topological polar surface area (TPSA) is 116 Å². The van der Waals surface area contributed by atoms with Crippen LogP contribution in [0.4, 0.5) is 5.82 Å². The summed E-state index contributed by atoms with van der Waals surface area (Å²) in [5.41, 5.74) is 2.96. The number of nitrogens with two attached hydrogens (primary N) is 1. The fourth-order valence-electron chi connectivity index (χ4n) is 3.04. The summed E-state index contributed by atoms with van der Waals surface area (Å²) in [5.74, 6) is 0.513. The first-order valence-electron chi connectivity index (χ1n) is 8.74. The van der Waals surface area contributed by atoms with Gasteiger partial charge in [0.2, 0.25) is 15.3 Å². The maximum atomic E-state index is 11.4. The largest absolute Gasteiger partial charge is 0.365 e. The Morgan fingerprint density at radius 3 is 2.33 bits per heavy atom. The third-order valence-electron chi connectivity index (χ3n) is 4.49. The van der Waals surface area contributed by atoms with Gasteiger partial charge in [-0.25, -0.2) is 18.2 Å². The van der Waals surface area contributed by atoms with Gasteiger partial charge in [-0.15, -0.1) is 0 Å². The highest BCUT2D eigenvalue weighted by Gasteiger charge is 2.18. The van der Waals surface area contributed by atoms with Crippen molar-refractivity contribution >= 4 is 50.1 Å². The van der Waals surface area contributed by atoms with E-state index in [0.717, 1.165) is 11.1 Å². The number of nitrogens with zero attached hydrogens (tertiary/aromatic N) is 4. The molecule has 0 aliphatic carbocycles. The third-order valence-corrected chi connectivity index (χ3v) is 5.84. The lowest BCUT2D eigenvalue weighted by atomic mass is 10.1. The molecule has 0 aliphatic heterocycles. The van der Waals surface area contributed by atoms with Crippen LogP contribution in [-0.4, -0.2) is 28.2 Å². The number of anilines is 1. The number of sulfonamides is 1. The molecule has 0 saturated heterocycles. The van der Waals surface area contributed by atoms with Crippen molar-refractivity contribution in [1.82, 2.24) is 19.7 Å². The average molecular weight is 463 g/mol. The Morgan fingerprint density at radius 2 is 1.70 bits per heavy atom. The van der Waals surface area contributed by atoms with Crippen LogP contribution in [0.15, 0.2) is 53.4 Å². The van der Waals surface area contributed by atoms with Gasteiger partial charge in [-0.2, -0.15) is 15.1 Å². The van der Waals surface area contributed by atoms with Gasteiger partial charge in [0.25, 0.3) is 0 Å². The Labute approximate surface area is 182 Å². The molecule has 11 heteroatoms. The van der Waals surface area contributed by atoms with Crippen molar-refractivity contribution in [2.75, 3.05) is 5.32 Å². The molecule has 2 heterocycles. The quantitative estimate of drug-likeness (QED) is 0.437. The molecule has 0 fully saturated rings. The number of nitrogens with one attached hydrogen (secondary N) is 1. The van der Waals surface area contributed by atoms with E-state index in [1.54, 1.807) is 36.0 Å². The number of aromatic nitrogens is 4. The Bertz CT molecular complexity index is 1340. The summed E-state index contributed by atoms with van der Waals surface area (Å²) >= 11 is 12.1. The Hall–Kier alpha value is -2.72. The number of benzene rings is 2. The van der Waals surface area contributed by atoms with Crippen LogP contribution in [-0.2, 0) is 23.6 Å². The van der Waals surface area contributed by atoms with Gasteiger partial charge in [-0.05, 0) is 41.4 Å². The molecule has 0 radical (unpaired) electrons. The lowest BCUT2D eigenvalue weighted by molar-refractivity contribution is 0.598. The fraction of sp³-hybridized carbons (Fsp3) is 0.105. The summed E-state index contributed by atoms with van der Waals surface area (Å²) in [5, 5.41) is 14.4. The zero-order chi connectivity index (χ0) is 21.5. The zero-order valence-electron chi connectivity index (χ0n) is 15.7. The zero-order valence-corrected chi connectivity index (χ0v) is 18.0. The highest BCUT2D eigenvalue weighted by atomic mass is 35.5. The molecule has 0 spiro atoms. The Balaban J connectivity index is 1.72. The van der Waals surface area contributed by atoms with Crippen molar-refractivity contribution in [3.63, 3.8) is 0 Å². The minimum Gasteiger partial charge on any atom is -0.365 e. The van der Waals surface area contributed by atoms with E-state index in [2.05, 4.69) is 20.4 Å². The standard InChI is InChI=1S/C19H16Cl2N6O2S/c1-27-18-15(16(26-27)12-4-6-13(20)7-5-12)17(24-19(21)25-18)23-10-11-2-8-14(9-3-11)30(22,28)29/h2-9H,10H2,1H3,(H2,22,28,29)(H,23,24,25). The van der Waals surface area contributed by atoms with E-state index in [1.165, 1.54) is 12.1 Å². The molecule has 154 valence electrons. The number of hydrogen-bond donors (Lipinski definition) is 2. The fourth-order valence-corrected chi connectivity index (χ4v) is 3.85. The van der Waals surface area contributed by atoms with Crippen LogP contribution >= 0.6 is 23.2 Å². The second-order valence-corrected chi connectivity index (χ2v) is 8.90. The maximum Gasteiger partial charge on any atom is 0.238 e. The molecule has 8 nitrogen and oxygen atoms in total. The Kier molecular flexibility index (Phi) is 5.37. The first-order valence-corrected chi connectivity index (χ1v) is 11.0. The van der Waals surface area contributed by atoms with Crippen molar-refractivity contribution in [2.24, 2.45) is 12.2 Å². The molecule has 4 rings (SSSR count). The van der Waals surface area contributed by atoms with E-state index in [-0.39, 0.29) is 10.2 Å². The summed E-state index contributed by atoms with van der Waals surface area (Å²) in [7, 11) is -1.96. The minimum absolute atomic E-state index is 0.0519. The third kappa shape index (κ3) is 4.10. The van der Waals surface area contributed by atoms with E-state index in [1.807, 2.05) is 12.1 Å². The Morgan fingerprint density at radius 1 is 1.03 bits per heavy atom. The SMILES string of the molecule is Cn1nc(-c2ccc(Cl)cc2)c2c(NCc3ccc(S(N)(=O)=O)cc3)nc(Cl)nc21. The van der Waals surface area contributed by atoms with E-state index in [0.29, 0.717) is 34.1 Å². The van der Waals surface area contributed by atoms with Crippen LogP contribution in [0.5, 0.6) is 0 Å². The van der Waals surface area contributed by atoms with Crippen LogP contribution in [0.3, 0.4) is 0 Å². The average Bonchev–Trinajstić information content (AvgIpc) is 3.03. The van der Waals surface area contributed by atoms with Crippen molar-refractivity contribution in [2.45, 2.75) is 11.4 Å². The van der Waals surface area contributed by atoms with Crippen LogP contribution in [0.25, 0.3) is 22.3 Å². The second-order valence-electron chi connectivity index (χ2n) is 6.56. The lowest BCUT2D eigenvalue weighted by Gasteiger charge is -2.09. The number of halogens is 2. The summed E-state index contributed by atoms with van der Waals surface area (Å²) in [6.07, 6.45) is 0. The van der Waals surface area contributed by atoms with Crippen molar-refractivity contribution < 1.29 is 8.42 Å². The molecular formula is C19H16Cl2N6O2S. The van der Waals surface area contributed by atoms with E-state index >= 15 is 0 Å². The van der Waals surface area contributed by atoms with Gasteiger partial charge in [0.15, 0.2) is 5.65 Å². The van der Waals surface area contributed by atoms with Crippen LogP contribution < -0.4 is 10.5 Å². The molecule has 0 unspecified atom stereocenters. The molecular weight excluding hydrogens is 447 g/mol. The van der Waals surface area contributed by atoms with Gasteiger partial charge < -0.3 is 5.32 Å². The monoisotopic (exact) mass is 462 g/mol. The summed E-state index contributed by atoms with van der Waals surface area (Å²) in [6, 6.07) is 13.6. The van der Waals surface area contributed by atoms with Gasteiger partial charge in [0.05, 0.1) is 10.3 Å². The van der Waals surface area contributed by atoms with Crippen molar-refractivity contribution in [3.8, 4) is 11.3 Å². The molecule has 0 amide bonds. The summed E-state index contributed by atoms with van der Waals surface area (Å²) in [4.78, 5) is 8.69. The maximum absolute atomic E-state index is 11.4. The molecule has 2 aromatic heterocycles. The predicted molar refractivity (Wildman–Crippen MR) is 117 cm³/mol. The van der Waals surface area contributed by atoms with E-state index < -0.39 is 10.0 Å². The number of aryl methyl sites for hydroxylation is 1. The molecule has 30 heavy (non-hydrogen) atoms. The smallest absolute Gasteiger partial charge is 0.238 e. The molecule has 0 bridgehead atoms. The van der Waals surface area contributed by atoms with Crippen LogP contribution in [0, 0.1) is 0 Å². The summed E-state index contributed by atoms with van der Waals surface area (Å²) < 4.78 is 24.5. The van der Waals surface area contributed by atoms with Gasteiger partial charge in [0, 0.05) is 24.2 Å². The highest BCUT2D eigenvalue weighted by Crippen LogP contribution is 2.33. The molecule has 0 aliphatic rings.